The molecule has 1 fully saturated rings. The number of aryl methyl sites for hydroxylation is 1. The second-order valence-electron chi connectivity index (χ2n) is 4.66. The summed E-state index contributed by atoms with van der Waals surface area (Å²) in [5, 5.41) is 1.04. The van der Waals surface area contributed by atoms with Crippen LogP contribution in [-0.4, -0.2) is 23.8 Å². The van der Waals surface area contributed by atoms with Gasteiger partial charge in [-0.25, -0.2) is 4.98 Å². The number of carbonyl (C=O) groups is 1. The highest BCUT2D eigenvalue weighted by Gasteiger charge is 2.44. The largest absolute Gasteiger partial charge is 0.469 e. The minimum absolute atomic E-state index is 0.0969. The van der Waals surface area contributed by atoms with Crippen LogP contribution in [0.25, 0.3) is 0 Å². The molecule has 0 aromatic carbocycles. The van der Waals surface area contributed by atoms with Gasteiger partial charge in [0.25, 0.3) is 0 Å². The predicted molar refractivity (Wildman–Crippen MR) is 68.0 cm³/mol. The molecule has 17 heavy (non-hydrogen) atoms. The second kappa shape index (κ2) is 5.08. The molecule has 92 valence electrons. The molecule has 0 unspecified atom stereocenters. The van der Waals surface area contributed by atoms with Crippen molar-refractivity contribution in [2.24, 2.45) is 5.41 Å². The van der Waals surface area contributed by atoms with Crippen LogP contribution in [0, 0.1) is 12.3 Å². The maximum Gasteiger partial charge on any atom is 0.306 e. The van der Waals surface area contributed by atoms with Crippen LogP contribution in [0.3, 0.4) is 0 Å². The van der Waals surface area contributed by atoms with Crippen molar-refractivity contribution in [2.45, 2.75) is 31.2 Å². The van der Waals surface area contributed by atoms with Crippen molar-refractivity contribution in [1.82, 2.24) is 4.98 Å². The van der Waals surface area contributed by atoms with Gasteiger partial charge < -0.3 is 4.74 Å². The van der Waals surface area contributed by atoms with Gasteiger partial charge >= 0.3 is 5.97 Å². The van der Waals surface area contributed by atoms with E-state index in [0.29, 0.717) is 6.42 Å². The molecule has 0 bridgehead atoms. The molecule has 0 atom stereocenters. The van der Waals surface area contributed by atoms with Crippen molar-refractivity contribution < 1.29 is 9.53 Å². The number of hydrogen-bond donors (Lipinski definition) is 0. The molecular weight excluding hydrogens is 234 g/mol. The summed E-state index contributed by atoms with van der Waals surface area (Å²) in [4.78, 5) is 15.7. The number of methoxy groups -OCH3 is 1. The summed E-state index contributed by atoms with van der Waals surface area (Å²) >= 11 is 1.74. The first-order valence-corrected chi connectivity index (χ1v) is 6.75. The summed E-state index contributed by atoms with van der Waals surface area (Å²) in [6, 6.07) is 6.03. The van der Waals surface area contributed by atoms with E-state index >= 15 is 0 Å². The van der Waals surface area contributed by atoms with E-state index in [2.05, 4.69) is 4.98 Å². The Morgan fingerprint density at radius 1 is 1.53 bits per heavy atom. The van der Waals surface area contributed by atoms with Gasteiger partial charge in [0, 0.05) is 11.4 Å². The van der Waals surface area contributed by atoms with Crippen LogP contribution in [-0.2, 0) is 9.53 Å². The quantitative estimate of drug-likeness (QED) is 0.596. The van der Waals surface area contributed by atoms with Crippen LogP contribution < -0.4 is 0 Å². The van der Waals surface area contributed by atoms with E-state index in [4.69, 9.17) is 4.74 Å². The summed E-state index contributed by atoms with van der Waals surface area (Å²) in [6.45, 7) is 1.99. The van der Waals surface area contributed by atoms with Gasteiger partial charge in [0.15, 0.2) is 0 Å². The van der Waals surface area contributed by atoms with Gasteiger partial charge in [0.05, 0.1) is 18.6 Å². The van der Waals surface area contributed by atoms with Crippen molar-refractivity contribution >= 4 is 17.7 Å². The Morgan fingerprint density at radius 3 is 2.88 bits per heavy atom. The Kier molecular flexibility index (Phi) is 3.72. The number of thioether (sulfide) groups is 1. The average Bonchev–Trinajstić information content (AvgIpc) is 3.07. The second-order valence-corrected chi connectivity index (χ2v) is 5.65. The summed E-state index contributed by atoms with van der Waals surface area (Å²) in [5.74, 6) is 0.860. The van der Waals surface area contributed by atoms with Crippen molar-refractivity contribution in [2.75, 3.05) is 12.9 Å². The molecule has 1 heterocycles. The van der Waals surface area contributed by atoms with Crippen LogP contribution in [0.2, 0.25) is 0 Å². The fourth-order valence-corrected chi connectivity index (χ4v) is 2.98. The number of ether oxygens (including phenoxy) is 1. The molecule has 0 spiro atoms. The van der Waals surface area contributed by atoms with Crippen LogP contribution in [0.15, 0.2) is 23.2 Å². The Balaban J connectivity index is 1.88. The SMILES string of the molecule is COC(=O)CC1(CSc2cccc(C)n2)CC1. The minimum Gasteiger partial charge on any atom is -0.469 e. The standard InChI is InChI=1S/C13H17NO2S/c1-10-4-3-5-11(14-10)17-9-13(6-7-13)8-12(15)16-2/h3-5H,6-9H2,1-2H3. The van der Waals surface area contributed by atoms with E-state index in [1.54, 1.807) is 11.8 Å². The molecule has 0 amide bonds. The lowest BCUT2D eigenvalue weighted by Gasteiger charge is -2.12. The van der Waals surface area contributed by atoms with Crippen molar-refractivity contribution in [3.05, 3.63) is 23.9 Å². The van der Waals surface area contributed by atoms with E-state index in [0.717, 1.165) is 29.3 Å². The highest BCUT2D eigenvalue weighted by Crippen LogP contribution is 2.51. The molecule has 4 heteroatoms. The maximum absolute atomic E-state index is 11.3. The lowest BCUT2D eigenvalue weighted by Crippen LogP contribution is -2.13. The van der Waals surface area contributed by atoms with E-state index in [9.17, 15) is 4.79 Å². The molecule has 1 aromatic heterocycles. The highest BCUT2D eigenvalue weighted by atomic mass is 32.2. The average molecular weight is 251 g/mol. The van der Waals surface area contributed by atoms with Gasteiger partial charge in [-0.15, -0.1) is 11.8 Å². The van der Waals surface area contributed by atoms with E-state index < -0.39 is 0 Å². The van der Waals surface area contributed by atoms with Crippen LogP contribution in [0.1, 0.15) is 25.0 Å². The third kappa shape index (κ3) is 3.46. The summed E-state index contributed by atoms with van der Waals surface area (Å²) < 4.78 is 4.73. The predicted octanol–water partition coefficient (Wildman–Crippen LogP) is 2.83. The van der Waals surface area contributed by atoms with Gasteiger partial charge in [-0.2, -0.15) is 0 Å². The Bertz CT molecular complexity index is 416. The first kappa shape index (κ1) is 12.4. The topological polar surface area (TPSA) is 39.2 Å². The normalized spacial score (nSPS) is 16.6. The highest BCUT2D eigenvalue weighted by molar-refractivity contribution is 7.99. The Labute approximate surface area is 106 Å². The molecule has 0 radical (unpaired) electrons. The molecule has 0 N–H and O–H groups in total. The molecule has 1 aliphatic carbocycles. The zero-order valence-electron chi connectivity index (χ0n) is 10.2. The molecule has 1 aliphatic rings. The van der Waals surface area contributed by atoms with Crippen LogP contribution in [0.4, 0.5) is 0 Å². The van der Waals surface area contributed by atoms with Gasteiger partial charge in [-0.05, 0) is 37.3 Å². The minimum atomic E-state index is -0.0969. The number of pyridine rings is 1. The fourth-order valence-electron chi connectivity index (χ4n) is 1.75. The lowest BCUT2D eigenvalue weighted by atomic mass is 10.1. The smallest absolute Gasteiger partial charge is 0.306 e. The summed E-state index contributed by atoms with van der Waals surface area (Å²) in [7, 11) is 1.45. The van der Waals surface area contributed by atoms with Gasteiger partial charge in [0.1, 0.15) is 0 Å². The molecule has 1 aromatic rings. The lowest BCUT2D eigenvalue weighted by molar-refractivity contribution is -0.141. The van der Waals surface area contributed by atoms with Gasteiger partial charge in [-0.3, -0.25) is 4.79 Å². The third-order valence-corrected chi connectivity index (χ3v) is 4.37. The first-order chi connectivity index (χ1) is 8.13. The van der Waals surface area contributed by atoms with Crippen molar-refractivity contribution in [3.63, 3.8) is 0 Å². The first-order valence-electron chi connectivity index (χ1n) is 5.77. The van der Waals surface area contributed by atoms with Gasteiger partial charge in [-0.1, -0.05) is 6.07 Å². The van der Waals surface area contributed by atoms with E-state index in [1.165, 1.54) is 7.11 Å². The monoisotopic (exact) mass is 251 g/mol. The molecule has 2 rings (SSSR count). The number of rotatable bonds is 5. The molecule has 1 saturated carbocycles. The number of nitrogens with zero attached hydrogens (tertiary/aromatic N) is 1. The summed E-state index contributed by atoms with van der Waals surface area (Å²) in [6.07, 6.45) is 2.80. The van der Waals surface area contributed by atoms with E-state index in [1.807, 2.05) is 25.1 Å². The number of carbonyl (C=O) groups excluding carboxylic acids is 1. The van der Waals surface area contributed by atoms with Gasteiger partial charge in [0.2, 0.25) is 0 Å². The third-order valence-electron chi connectivity index (χ3n) is 3.09. The molecule has 0 aliphatic heterocycles. The Morgan fingerprint density at radius 2 is 2.29 bits per heavy atom. The van der Waals surface area contributed by atoms with Crippen molar-refractivity contribution in [3.8, 4) is 0 Å². The van der Waals surface area contributed by atoms with Crippen molar-refractivity contribution in [1.29, 1.82) is 0 Å². The molecule has 3 nitrogen and oxygen atoms in total. The number of esters is 1. The Hall–Kier alpha value is -1.03. The molecular formula is C13H17NO2S. The van der Waals surface area contributed by atoms with Crippen LogP contribution >= 0.6 is 11.8 Å². The van der Waals surface area contributed by atoms with Crippen LogP contribution in [0.5, 0.6) is 0 Å². The summed E-state index contributed by atoms with van der Waals surface area (Å²) in [5.41, 5.74) is 1.20. The molecule has 0 saturated heterocycles. The maximum atomic E-state index is 11.3. The zero-order chi connectivity index (χ0) is 12.3. The van der Waals surface area contributed by atoms with E-state index in [-0.39, 0.29) is 11.4 Å². The number of hydrogen-bond acceptors (Lipinski definition) is 4. The fraction of sp³-hybridized carbons (Fsp3) is 0.538. The zero-order valence-corrected chi connectivity index (χ0v) is 11.0. The number of aromatic nitrogens is 1.